The van der Waals surface area contributed by atoms with Crippen LogP contribution in [0.25, 0.3) is 22.0 Å². The number of pyridine rings is 2. The van der Waals surface area contributed by atoms with Gasteiger partial charge in [-0.2, -0.15) is 5.26 Å². The van der Waals surface area contributed by atoms with Crippen molar-refractivity contribution in [3.63, 3.8) is 0 Å². The van der Waals surface area contributed by atoms with E-state index in [1.165, 1.54) is 0 Å². The molecule has 4 heteroatoms. The molecule has 0 bridgehead atoms. The number of nitriles is 1. The van der Waals surface area contributed by atoms with Crippen LogP contribution < -0.4 is 5.73 Å². The van der Waals surface area contributed by atoms with Gasteiger partial charge in [0.1, 0.15) is 17.6 Å². The molecule has 19 heavy (non-hydrogen) atoms. The molecule has 0 radical (unpaired) electrons. The summed E-state index contributed by atoms with van der Waals surface area (Å²) < 4.78 is 0. The highest BCUT2D eigenvalue weighted by atomic mass is 14.8. The van der Waals surface area contributed by atoms with Crippen LogP contribution in [0.3, 0.4) is 0 Å². The first-order chi connectivity index (χ1) is 9.28. The van der Waals surface area contributed by atoms with Crippen molar-refractivity contribution in [2.75, 3.05) is 5.73 Å². The summed E-state index contributed by atoms with van der Waals surface area (Å²) in [4.78, 5) is 8.33. The van der Waals surface area contributed by atoms with Gasteiger partial charge in [-0.1, -0.05) is 18.2 Å². The Hall–Kier alpha value is -2.93. The molecule has 0 aliphatic rings. The number of hydrogen-bond acceptors (Lipinski definition) is 4. The maximum absolute atomic E-state index is 9.25. The Bertz CT molecular complexity index is 803. The van der Waals surface area contributed by atoms with E-state index in [0.717, 1.165) is 22.0 Å². The Morgan fingerprint density at radius 1 is 1.11 bits per heavy atom. The minimum Gasteiger partial charge on any atom is -0.384 e. The van der Waals surface area contributed by atoms with Gasteiger partial charge in [0, 0.05) is 17.1 Å². The van der Waals surface area contributed by atoms with Gasteiger partial charge in [-0.05, 0) is 29.8 Å². The zero-order chi connectivity index (χ0) is 13.2. The number of rotatable bonds is 1. The quantitative estimate of drug-likeness (QED) is 0.716. The number of nitrogens with zero attached hydrogens (tertiary/aromatic N) is 3. The zero-order valence-electron chi connectivity index (χ0n) is 10.0. The molecule has 1 aromatic carbocycles. The number of aromatic nitrogens is 2. The number of nitrogens with two attached hydrogens (primary N) is 1. The van der Waals surface area contributed by atoms with Crippen LogP contribution in [0.1, 0.15) is 5.69 Å². The molecular weight excluding hydrogens is 236 g/mol. The Labute approximate surface area is 110 Å². The van der Waals surface area contributed by atoms with Crippen molar-refractivity contribution >= 4 is 16.7 Å². The summed E-state index contributed by atoms with van der Waals surface area (Å²) in [6.07, 6.45) is 1.63. The lowest BCUT2D eigenvalue weighted by Crippen LogP contribution is -1.93. The molecular formula is C15H10N4. The normalized spacial score (nSPS) is 10.3. The van der Waals surface area contributed by atoms with Crippen LogP contribution in [-0.4, -0.2) is 9.97 Å². The van der Waals surface area contributed by atoms with Crippen LogP contribution in [-0.2, 0) is 0 Å². The monoisotopic (exact) mass is 246 g/mol. The van der Waals surface area contributed by atoms with Crippen molar-refractivity contribution in [3.8, 4) is 17.2 Å². The Balaban J connectivity index is 2.31. The van der Waals surface area contributed by atoms with Crippen LogP contribution in [0.4, 0.5) is 5.82 Å². The lowest BCUT2D eigenvalue weighted by molar-refractivity contribution is 1.30. The van der Waals surface area contributed by atoms with Gasteiger partial charge in [-0.15, -0.1) is 0 Å². The van der Waals surface area contributed by atoms with Crippen molar-refractivity contribution < 1.29 is 0 Å². The summed E-state index contributed by atoms with van der Waals surface area (Å²) in [5.74, 6) is 0.426. The van der Waals surface area contributed by atoms with E-state index in [1.807, 2.05) is 36.4 Å². The van der Waals surface area contributed by atoms with Gasteiger partial charge in [-0.3, -0.25) is 0 Å². The summed E-state index contributed by atoms with van der Waals surface area (Å²) in [7, 11) is 0. The molecule has 0 unspecified atom stereocenters. The van der Waals surface area contributed by atoms with Gasteiger partial charge in [0.15, 0.2) is 0 Å². The molecule has 0 saturated heterocycles. The Kier molecular flexibility index (Phi) is 2.58. The zero-order valence-corrected chi connectivity index (χ0v) is 10.0. The highest BCUT2D eigenvalue weighted by Crippen LogP contribution is 2.26. The van der Waals surface area contributed by atoms with Gasteiger partial charge in [0.2, 0.25) is 0 Å². The molecule has 0 amide bonds. The molecule has 4 nitrogen and oxygen atoms in total. The highest BCUT2D eigenvalue weighted by Gasteiger charge is 2.09. The number of nitrogen functional groups attached to an aromatic ring is 1. The van der Waals surface area contributed by atoms with E-state index in [0.29, 0.717) is 11.5 Å². The highest BCUT2D eigenvalue weighted by molar-refractivity contribution is 5.86. The van der Waals surface area contributed by atoms with Crippen LogP contribution in [0, 0.1) is 11.3 Å². The third-order valence-corrected chi connectivity index (χ3v) is 2.92. The van der Waals surface area contributed by atoms with Gasteiger partial charge >= 0.3 is 0 Å². The average molecular weight is 246 g/mol. The maximum Gasteiger partial charge on any atom is 0.149 e. The number of benzene rings is 1. The van der Waals surface area contributed by atoms with Crippen LogP contribution in [0.5, 0.6) is 0 Å². The standard InChI is InChI=1S/C15H10N4/c16-9-14-12(10-5-6-18-15(17)8-10)7-11-3-1-2-4-13(11)19-14/h1-8H,(H2,17,18). The Morgan fingerprint density at radius 3 is 2.74 bits per heavy atom. The molecule has 0 fully saturated rings. The number of fused-ring (bicyclic) bond motifs is 1. The van der Waals surface area contributed by atoms with E-state index >= 15 is 0 Å². The fourth-order valence-electron chi connectivity index (χ4n) is 2.04. The van der Waals surface area contributed by atoms with Gasteiger partial charge in [0.25, 0.3) is 0 Å². The molecule has 3 rings (SSSR count). The lowest BCUT2D eigenvalue weighted by Gasteiger charge is -2.06. The summed E-state index contributed by atoms with van der Waals surface area (Å²) in [5, 5.41) is 10.2. The summed E-state index contributed by atoms with van der Waals surface area (Å²) >= 11 is 0. The van der Waals surface area contributed by atoms with E-state index < -0.39 is 0 Å². The van der Waals surface area contributed by atoms with E-state index in [9.17, 15) is 5.26 Å². The van der Waals surface area contributed by atoms with Crippen molar-refractivity contribution in [2.45, 2.75) is 0 Å². The summed E-state index contributed by atoms with van der Waals surface area (Å²) in [5.41, 5.74) is 8.51. The van der Waals surface area contributed by atoms with Gasteiger partial charge < -0.3 is 5.73 Å². The SMILES string of the molecule is N#Cc1nc2ccccc2cc1-c1ccnc(N)c1. The summed E-state index contributed by atoms with van der Waals surface area (Å²) in [6.45, 7) is 0. The molecule has 2 N–H and O–H groups in total. The van der Waals surface area contributed by atoms with E-state index in [2.05, 4.69) is 16.0 Å². The molecule has 0 saturated carbocycles. The molecule has 3 aromatic rings. The molecule has 0 aliphatic carbocycles. The predicted molar refractivity (Wildman–Crippen MR) is 74.1 cm³/mol. The first-order valence-electron chi connectivity index (χ1n) is 5.80. The van der Waals surface area contributed by atoms with E-state index in [4.69, 9.17) is 5.73 Å². The van der Waals surface area contributed by atoms with Crippen LogP contribution >= 0.6 is 0 Å². The minimum atomic E-state index is 0.393. The number of anilines is 1. The average Bonchev–Trinajstić information content (AvgIpc) is 2.46. The maximum atomic E-state index is 9.25. The minimum absolute atomic E-state index is 0.393. The topological polar surface area (TPSA) is 75.6 Å². The van der Waals surface area contributed by atoms with Crippen molar-refractivity contribution in [3.05, 3.63) is 54.4 Å². The second kappa shape index (κ2) is 4.39. The third-order valence-electron chi connectivity index (χ3n) is 2.92. The second-order valence-electron chi connectivity index (χ2n) is 4.16. The van der Waals surface area contributed by atoms with Crippen molar-refractivity contribution in [1.29, 1.82) is 5.26 Å². The van der Waals surface area contributed by atoms with E-state index in [-0.39, 0.29) is 0 Å². The summed E-state index contributed by atoms with van der Waals surface area (Å²) in [6, 6.07) is 15.4. The second-order valence-corrected chi connectivity index (χ2v) is 4.16. The fourth-order valence-corrected chi connectivity index (χ4v) is 2.04. The Morgan fingerprint density at radius 2 is 1.95 bits per heavy atom. The predicted octanol–water partition coefficient (Wildman–Crippen LogP) is 2.75. The molecule has 0 aliphatic heterocycles. The van der Waals surface area contributed by atoms with E-state index in [1.54, 1.807) is 12.3 Å². The fraction of sp³-hybridized carbons (Fsp3) is 0. The van der Waals surface area contributed by atoms with Crippen LogP contribution in [0.2, 0.25) is 0 Å². The van der Waals surface area contributed by atoms with Gasteiger partial charge in [-0.25, -0.2) is 9.97 Å². The number of hydrogen-bond donors (Lipinski definition) is 1. The molecule has 2 aromatic heterocycles. The van der Waals surface area contributed by atoms with Crippen molar-refractivity contribution in [2.24, 2.45) is 0 Å². The first-order valence-corrected chi connectivity index (χ1v) is 5.80. The molecule has 0 atom stereocenters. The number of para-hydroxylation sites is 1. The lowest BCUT2D eigenvalue weighted by atomic mass is 10.0. The van der Waals surface area contributed by atoms with Crippen LogP contribution in [0.15, 0.2) is 48.7 Å². The van der Waals surface area contributed by atoms with Gasteiger partial charge in [0.05, 0.1) is 5.52 Å². The third kappa shape index (κ3) is 1.98. The smallest absolute Gasteiger partial charge is 0.149 e. The van der Waals surface area contributed by atoms with Crippen molar-refractivity contribution in [1.82, 2.24) is 9.97 Å². The molecule has 2 heterocycles. The first kappa shape index (κ1) is 11.2. The molecule has 90 valence electrons. The molecule has 0 spiro atoms. The largest absolute Gasteiger partial charge is 0.384 e.